The number of hydrogen-bond acceptors (Lipinski definition) is 5. The lowest BCUT2D eigenvalue weighted by Gasteiger charge is -2.15. The number of amides is 1. The molecule has 0 radical (unpaired) electrons. The SMILES string of the molecule is CC(C)(C)c1cc(NC(=O)C=Cc2cccs2)n(C2CCS(=O)(=O)C2)n1. The van der Waals surface area contributed by atoms with E-state index in [0.29, 0.717) is 12.2 Å². The number of nitrogens with one attached hydrogen (secondary N) is 1. The number of thiophene rings is 1. The van der Waals surface area contributed by atoms with Crippen molar-refractivity contribution >= 4 is 39.0 Å². The lowest BCUT2D eigenvalue weighted by molar-refractivity contribution is -0.111. The minimum atomic E-state index is -3.04. The van der Waals surface area contributed by atoms with Crippen LogP contribution in [0.1, 0.15) is 43.8 Å². The second kappa shape index (κ2) is 7.00. The fourth-order valence-electron chi connectivity index (χ4n) is 2.81. The van der Waals surface area contributed by atoms with Gasteiger partial charge in [0.2, 0.25) is 5.91 Å². The molecule has 1 aliphatic heterocycles. The zero-order valence-electron chi connectivity index (χ0n) is 15.1. The normalized spacial score (nSPS) is 19.9. The molecule has 26 heavy (non-hydrogen) atoms. The molecular weight excluding hydrogens is 370 g/mol. The molecule has 0 saturated carbocycles. The Kier molecular flexibility index (Phi) is 5.07. The predicted octanol–water partition coefficient (Wildman–Crippen LogP) is 3.25. The van der Waals surface area contributed by atoms with Crippen LogP contribution in [0.25, 0.3) is 6.08 Å². The first-order chi connectivity index (χ1) is 12.1. The summed E-state index contributed by atoms with van der Waals surface area (Å²) < 4.78 is 25.4. The molecule has 2 aromatic heterocycles. The zero-order valence-corrected chi connectivity index (χ0v) is 16.7. The molecule has 1 N–H and O–H groups in total. The highest BCUT2D eigenvalue weighted by atomic mass is 32.2. The third kappa shape index (κ3) is 4.42. The van der Waals surface area contributed by atoms with E-state index in [1.807, 2.05) is 44.4 Å². The highest BCUT2D eigenvalue weighted by Gasteiger charge is 2.32. The van der Waals surface area contributed by atoms with E-state index in [9.17, 15) is 13.2 Å². The van der Waals surface area contributed by atoms with Crippen LogP contribution in [0.5, 0.6) is 0 Å². The molecule has 8 heteroatoms. The molecule has 1 aliphatic rings. The van der Waals surface area contributed by atoms with Crippen molar-refractivity contribution in [2.45, 2.75) is 38.6 Å². The van der Waals surface area contributed by atoms with Gasteiger partial charge in [-0.05, 0) is 23.9 Å². The fourth-order valence-corrected chi connectivity index (χ4v) is 5.12. The Hall–Kier alpha value is -1.93. The van der Waals surface area contributed by atoms with E-state index in [-0.39, 0.29) is 28.9 Å². The number of carbonyl (C=O) groups excluding carboxylic acids is 1. The second-order valence-corrected chi connectivity index (χ2v) is 10.7. The van der Waals surface area contributed by atoms with Gasteiger partial charge in [-0.15, -0.1) is 11.3 Å². The maximum atomic E-state index is 12.3. The molecule has 1 amide bonds. The van der Waals surface area contributed by atoms with Gasteiger partial charge in [0.25, 0.3) is 0 Å². The van der Waals surface area contributed by atoms with Crippen LogP contribution in [0.3, 0.4) is 0 Å². The number of anilines is 1. The lowest BCUT2D eigenvalue weighted by Crippen LogP contribution is -2.19. The summed E-state index contributed by atoms with van der Waals surface area (Å²) in [7, 11) is -3.04. The number of rotatable bonds is 4. The minimum absolute atomic E-state index is 0.0617. The van der Waals surface area contributed by atoms with Gasteiger partial charge < -0.3 is 5.32 Å². The van der Waals surface area contributed by atoms with Gasteiger partial charge in [-0.3, -0.25) is 4.79 Å². The molecule has 0 aromatic carbocycles. The Balaban J connectivity index is 1.85. The van der Waals surface area contributed by atoms with Gasteiger partial charge >= 0.3 is 0 Å². The average molecular weight is 394 g/mol. The van der Waals surface area contributed by atoms with E-state index in [4.69, 9.17) is 0 Å². The summed E-state index contributed by atoms with van der Waals surface area (Å²) in [5, 5.41) is 9.41. The second-order valence-electron chi connectivity index (χ2n) is 7.50. The van der Waals surface area contributed by atoms with E-state index in [0.717, 1.165) is 10.6 Å². The number of aromatic nitrogens is 2. The van der Waals surface area contributed by atoms with Crippen LogP contribution in [0.4, 0.5) is 5.82 Å². The molecule has 1 fully saturated rings. The molecule has 0 aliphatic carbocycles. The quantitative estimate of drug-likeness (QED) is 0.809. The molecule has 0 bridgehead atoms. The van der Waals surface area contributed by atoms with Gasteiger partial charge in [-0.25, -0.2) is 13.1 Å². The van der Waals surface area contributed by atoms with Gasteiger partial charge in [0.1, 0.15) is 5.82 Å². The lowest BCUT2D eigenvalue weighted by atomic mass is 9.92. The highest BCUT2D eigenvalue weighted by molar-refractivity contribution is 7.91. The summed E-state index contributed by atoms with van der Waals surface area (Å²) in [6.45, 7) is 6.11. The van der Waals surface area contributed by atoms with Crippen molar-refractivity contribution in [2.24, 2.45) is 0 Å². The third-order valence-electron chi connectivity index (χ3n) is 4.25. The monoisotopic (exact) mass is 393 g/mol. The maximum absolute atomic E-state index is 12.3. The maximum Gasteiger partial charge on any atom is 0.249 e. The Morgan fingerprint density at radius 1 is 1.42 bits per heavy atom. The van der Waals surface area contributed by atoms with E-state index in [2.05, 4.69) is 10.4 Å². The fraction of sp³-hybridized carbons (Fsp3) is 0.444. The topological polar surface area (TPSA) is 81.1 Å². The van der Waals surface area contributed by atoms with Crippen LogP contribution in [0.15, 0.2) is 29.7 Å². The van der Waals surface area contributed by atoms with Crippen LogP contribution in [0.2, 0.25) is 0 Å². The van der Waals surface area contributed by atoms with E-state index >= 15 is 0 Å². The van der Waals surface area contributed by atoms with Crippen molar-refractivity contribution in [1.29, 1.82) is 0 Å². The Bertz CT molecular complexity index is 920. The number of nitrogens with zero attached hydrogens (tertiary/aromatic N) is 2. The van der Waals surface area contributed by atoms with Crippen molar-refractivity contribution in [1.82, 2.24) is 9.78 Å². The summed E-state index contributed by atoms with van der Waals surface area (Å²) in [5.74, 6) is 0.499. The predicted molar refractivity (Wildman–Crippen MR) is 105 cm³/mol. The van der Waals surface area contributed by atoms with Crippen LogP contribution in [-0.2, 0) is 20.0 Å². The first-order valence-electron chi connectivity index (χ1n) is 8.47. The van der Waals surface area contributed by atoms with Gasteiger partial charge in [0.05, 0.1) is 23.2 Å². The Morgan fingerprint density at radius 2 is 2.19 bits per heavy atom. The molecular formula is C18H23N3O3S2. The van der Waals surface area contributed by atoms with E-state index in [1.54, 1.807) is 22.1 Å². The van der Waals surface area contributed by atoms with Crippen molar-refractivity contribution in [3.8, 4) is 0 Å². The average Bonchev–Trinajstić information content (AvgIpc) is 3.24. The highest BCUT2D eigenvalue weighted by Crippen LogP contribution is 2.30. The molecule has 6 nitrogen and oxygen atoms in total. The number of sulfone groups is 1. The van der Waals surface area contributed by atoms with Gasteiger partial charge in [-0.1, -0.05) is 26.8 Å². The third-order valence-corrected chi connectivity index (χ3v) is 6.84. The molecule has 3 rings (SSSR count). The van der Waals surface area contributed by atoms with Gasteiger partial charge in [0, 0.05) is 22.4 Å². The Labute approximate surface area is 157 Å². The van der Waals surface area contributed by atoms with Crippen molar-refractivity contribution in [3.63, 3.8) is 0 Å². The molecule has 1 unspecified atom stereocenters. The number of hydrogen-bond donors (Lipinski definition) is 1. The summed E-state index contributed by atoms with van der Waals surface area (Å²) in [5.41, 5.74) is 0.619. The van der Waals surface area contributed by atoms with Crippen LogP contribution in [-0.4, -0.2) is 35.6 Å². The summed E-state index contributed by atoms with van der Waals surface area (Å²) in [6, 6.07) is 5.45. The number of carbonyl (C=O) groups is 1. The van der Waals surface area contributed by atoms with Crippen LogP contribution < -0.4 is 5.32 Å². The van der Waals surface area contributed by atoms with Crippen molar-refractivity contribution in [2.75, 3.05) is 16.8 Å². The molecule has 3 heterocycles. The van der Waals surface area contributed by atoms with Crippen LogP contribution in [0, 0.1) is 0 Å². The van der Waals surface area contributed by atoms with Gasteiger partial charge in [0.15, 0.2) is 9.84 Å². The Morgan fingerprint density at radius 3 is 2.77 bits per heavy atom. The molecule has 1 saturated heterocycles. The summed E-state index contributed by atoms with van der Waals surface area (Å²) >= 11 is 1.55. The van der Waals surface area contributed by atoms with E-state index in [1.165, 1.54) is 6.08 Å². The minimum Gasteiger partial charge on any atom is -0.307 e. The molecule has 140 valence electrons. The first-order valence-corrected chi connectivity index (χ1v) is 11.2. The summed E-state index contributed by atoms with van der Waals surface area (Å²) in [6.07, 6.45) is 3.75. The molecule has 0 spiro atoms. The standard InChI is InChI=1S/C18H23N3O3S2/c1-18(2,3)15-11-16(19-17(22)7-6-14-5-4-9-25-14)21(20-15)13-8-10-26(23,24)12-13/h4-7,9,11,13H,8,10,12H2,1-3H3,(H,19,22). The molecule has 2 aromatic rings. The van der Waals surface area contributed by atoms with Crippen molar-refractivity contribution in [3.05, 3.63) is 40.2 Å². The zero-order chi connectivity index (χ0) is 18.9. The van der Waals surface area contributed by atoms with Gasteiger partial charge in [-0.2, -0.15) is 5.10 Å². The van der Waals surface area contributed by atoms with Crippen LogP contribution >= 0.6 is 11.3 Å². The largest absolute Gasteiger partial charge is 0.307 e. The molecule has 1 atom stereocenters. The van der Waals surface area contributed by atoms with Crippen molar-refractivity contribution < 1.29 is 13.2 Å². The first kappa shape index (κ1) is 18.8. The van der Waals surface area contributed by atoms with E-state index < -0.39 is 9.84 Å². The summed E-state index contributed by atoms with van der Waals surface area (Å²) in [4.78, 5) is 13.3. The smallest absolute Gasteiger partial charge is 0.249 e.